The topological polar surface area (TPSA) is 80.9 Å². The normalized spacial score (nSPS) is 26.4. The number of hydrogen-bond donors (Lipinski definition) is 4. The second-order valence-corrected chi connectivity index (χ2v) is 8.14. The highest BCUT2D eigenvalue weighted by Crippen LogP contribution is 2.29. The van der Waals surface area contributed by atoms with Crippen molar-refractivity contribution >= 4 is 0 Å². The van der Waals surface area contributed by atoms with Crippen LogP contribution < -0.4 is 0 Å². The van der Waals surface area contributed by atoms with Gasteiger partial charge in [0.05, 0.1) is 0 Å². The van der Waals surface area contributed by atoms with Gasteiger partial charge < -0.3 is 20.4 Å². The van der Waals surface area contributed by atoms with Gasteiger partial charge in [-0.3, -0.25) is 0 Å². The minimum atomic E-state index is -2.40. The van der Waals surface area contributed by atoms with Crippen LogP contribution in [0.2, 0.25) is 0 Å². The average Bonchev–Trinajstić information content (AvgIpc) is 2.56. The third kappa shape index (κ3) is 10.5. The van der Waals surface area contributed by atoms with E-state index in [2.05, 4.69) is 0 Å². The molecular formula is C21H42O4. The maximum Gasteiger partial charge on any atom is 0.218 e. The van der Waals surface area contributed by atoms with Gasteiger partial charge in [-0.2, -0.15) is 0 Å². The zero-order valence-electron chi connectivity index (χ0n) is 16.2. The Morgan fingerprint density at radius 1 is 0.280 bits per heavy atom. The fraction of sp³-hybridized carbons (Fsp3) is 1.00. The van der Waals surface area contributed by atoms with Crippen LogP contribution >= 0.6 is 0 Å². The van der Waals surface area contributed by atoms with Crippen molar-refractivity contribution in [2.45, 2.75) is 134 Å². The van der Waals surface area contributed by atoms with Gasteiger partial charge in [0, 0.05) is 12.8 Å². The van der Waals surface area contributed by atoms with Crippen molar-refractivity contribution in [2.24, 2.45) is 0 Å². The van der Waals surface area contributed by atoms with E-state index in [0.29, 0.717) is 12.8 Å². The molecule has 0 unspecified atom stereocenters. The van der Waals surface area contributed by atoms with Crippen molar-refractivity contribution < 1.29 is 20.4 Å². The SMILES string of the molecule is OC1(O)CCCCCCCCCCCCCCCCCCCC1(O)O. The molecule has 0 radical (unpaired) electrons. The summed E-state index contributed by atoms with van der Waals surface area (Å²) in [5.41, 5.74) is 0. The van der Waals surface area contributed by atoms with Crippen LogP contribution in [0.4, 0.5) is 0 Å². The molecule has 1 saturated carbocycles. The van der Waals surface area contributed by atoms with Gasteiger partial charge in [-0.25, -0.2) is 0 Å². The lowest BCUT2D eigenvalue weighted by atomic mass is 9.93. The largest absolute Gasteiger partial charge is 0.361 e. The summed E-state index contributed by atoms with van der Waals surface area (Å²) in [5, 5.41) is 40.2. The molecule has 25 heavy (non-hydrogen) atoms. The molecule has 4 heteroatoms. The van der Waals surface area contributed by atoms with E-state index >= 15 is 0 Å². The molecule has 0 amide bonds. The lowest BCUT2D eigenvalue weighted by Gasteiger charge is -2.35. The third-order valence-corrected chi connectivity index (χ3v) is 5.69. The summed E-state index contributed by atoms with van der Waals surface area (Å²) in [6, 6.07) is 0. The summed E-state index contributed by atoms with van der Waals surface area (Å²) < 4.78 is 0. The first-order valence-electron chi connectivity index (χ1n) is 10.9. The van der Waals surface area contributed by atoms with E-state index in [0.717, 1.165) is 25.7 Å². The van der Waals surface area contributed by atoms with E-state index in [4.69, 9.17) is 0 Å². The first-order valence-corrected chi connectivity index (χ1v) is 10.9. The fourth-order valence-electron chi connectivity index (χ4n) is 3.80. The molecule has 0 aromatic rings. The van der Waals surface area contributed by atoms with E-state index in [-0.39, 0.29) is 12.8 Å². The summed E-state index contributed by atoms with van der Waals surface area (Å²) in [4.78, 5) is 0. The molecule has 0 heterocycles. The number of hydrogen-bond acceptors (Lipinski definition) is 4. The smallest absolute Gasteiger partial charge is 0.218 e. The maximum absolute atomic E-state index is 10.1. The zero-order chi connectivity index (χ0) is 18.4. The summed E-state index contributed by atoms with van der Waals surface area (Å²) in [5.74, 6) is -4.79. The van der Waals surface area contributed by atoms with Crippen molar-refractivity contribution in [3.05, 3.63) is 0 Å². The second-order valence-electron chi connectivity index (χ2n) is 8.14. The van der Waals surface area contributed by atoms with Gasteiger partial charge in [0.15, 0.2) is 0 Å². The predicted octanol–water partition coefficient (Wildman–Crippen LogP) is 4.77. The Morgan fingerprint density at radius 2 is 0.440 bits per heavy atom. The van der Waals surface area contributed by atoms with Gasteiger partial charge in [0.25, 0.3) is 0 Å². The van der Waals surface area contributed by atoms with E-state index < -0.39 is 11.6 Å². The van der Waals surface area contributed by atoms with Crippen molar-refractivity contribution in [2.75, 3.05) is 0 Å². The summed E-state index contributed by atoms with van der Waals surface area (Å²) in [6.07, 6.45) is 19.6. The Bertz CT molecular complexity index is 285. The zero-order valence-corrected chi connectivity index (χ0v) is 16.2. The highest BCUT2D eigenvalue weighted by molar-refractivity contribution is 4.82. The molecule has 0 atom stereocenters. The van der Waals surface area contributed by atoms with Crippen LogP contribution in [-0.2, 0) is 0 Å². The lowest BCUT2D eigenvalue weighted by Crippen LogP contribution is -2.54. The fourth-order valence-corrected chi connectivity index (χ4v) is 3.80. The Labute approximate surface area is 154 Å². The van der Waals surface area contributed by atoms with Crippen molar-refractivity contribution in [3.8, 4) is 0 Å². The lowest BCUT2D eigenvalue weighted by molar-refractivity contribution is -0.361. The van der Waals surface area contributed by atoms with Crippen LogP contribution in [0, 0.1) is 0 Å². The highest BCUT2D eigenvalue weighted by atomic mass is 16.6. The first kappa shape index (κ1) is 22.9. The summed E-state index contributed by atoms with van der Waals surface area (Å²) >= 11 is 0. The van der Waals surface area contributed by atoms with Crippen molar-refractivity contribution in [1.29, 1.82) is 0 Å². The van der Waals surface area contributed by atoms with Gasteiger partial charge in [-0.1, -0.05) is 96.3 Å². The third-order valence-electron chi connectivity index (χ3n) is 5.69. The molecule has 0 spiro atoms. The molecule has 0 bridgehead atoms. The van der Waals surface area contributed by atoms with E-state index in [1.165, 1.54) is 70.6 Å². The van der Waals surface area contributed by atoms with Gasteiger partial charge in [0.1, 0.15) is 0 Å². The molecule has 1 aliphatic carbocycles. The van der Waals surface area contributed by atoms with Crippen molar-refractivity contribution in [1.82, 2.24) is 0 Å². The number of aliphatic hydroxyl groups is 4. The monoisotopic (exact) mass is 358 g/mol. The molecule has 1 fully saturated rings. The van der Waals surface area contributed by atoms with Crippen LogP contribution in [-0.4, -0.2) is 32.0 Å². The van der Waals surface area contributed by atoms with Gasteiger partial charge in [-0.05, 0) is 12.8 Å². The molecule has 1 rings (SSSR count). The summed E-state index contributed by atoms with van der Waals surface area (Å²) in [6.45, 7) is 0. The first-order chi connectivity index (χ1) is 12.0. The molecule has 0 aromatic heterocycles. The minimum Gasteiger partial charge on any atom is -0.361 e. The standard InChI is InChI=1S/C21H42O4/c22-20(23)18-16-14-12-10-8-6-4-2-1-3-5-7-9-11-13-15-17-19-21(20,24)25/h22-25H,1-19H2. The highest BCUT2D eigenvalue weighted by Gasteiger charge is 2.45. The van der Waals surface area contributed by atoms with E-state index in [9.17, 15) is 20.4 Å². The number of rotatable bonds is 0. The van der Waals surface area contributed by atoms with Gasteiger partial charge >= 0.3 is 0 Å². The van der Waals surface area contributed by atoms with Crippen LogP contribution in [0.3, 0.4) is 0 Å². The second kappa shape index (κ2) is 13.1. The quantitative estimate of drug-likeness (QED) is 0.470. The molecule has 1 aliphatic rings. The van der Waals surface area contributed by atoms with E-state index in [1.807, 2.05) is 0 Å². The molecule has 0 saturated heterocycles. The molecule has 0 aliphatic heterocycles. The van der Waals surface area contributed by atoms with Crippen LogP contribution in [0.1, 0.15) is 122 Å². The Kier molecular flexibility index (Phi) is 12.0. The molecule has 4 nitrogen and oxygen atoms in total. The molecule has 150 valence electrons. The Morgan fingerprint density at radius 3 is 0.640 bits per heavy atom. The van der Waals surface area contributed by atoms with Crippen LogP contribution in [0.15, 0.2) is 0 Å². The van der Waals surface area contributed by atoms with Crippen molar-refractivity contribution in [3.63, 3.8) is 0 Å². The van der Waals surface area contributed by atoms with Gasteiger partial charge in [0.2, 0.25) is 11.6 Å². The Hall–Kier alpha value is -0.160. The predicted molar refractivity (Wildman–Crippen MR) is 102 cm³/mol. The Balaban J connectivity index is 2.35. The molecular weight excluding hydrogens is 316 g/mol. The maximum atomic E-state index is 10.1. The van der Waals surface area contributed by atoms with Crippen LogP contribution in [0.25, 0.3) is 0 Å². The molecule has 0 aromatic carbocycles. The summed E-state index contributed by atoms with van der Waals surface area (Å²) in [7, 11) is 0. The van der Waals surface area contributed by atoms with Crippen LogP contribution in [0.5, 0.6) is 0 Å². The minimum absolute atomic E-state index is 0.0278. The average molecular weight is 359 g/mol. The van der Waals surface area contributed by atoms with E-state index in [1.54, 1.807) is 0 Å². The van der Waals surface area contributed by atoms with Gasteiger partial charge in [-0.15, -0.1) is 0 Å². The molecule has 4 N–H and O–H groups in total.